The molecule has 4 heterocycles. The second kappa shape index (κ2) is 7.32. The maximum Gasteiger partial charge on any atom is 0.309 e. The molecule has 1 aliphatic heterocycles. The highest BCUT2D eigenvalue weighted by Crippen LogP contribution is 2.41. The van der Waals surface area contributed by atoms with Crippen LogP contribution in [0.5, 0.6) is 5.88 Å². The first-order valence-corrected chi connectivity index (χ1v) is 9.89. The summed E-state index contributed by atoms with van der Waals surface area (Å²) < 4.78 is 12.3. The maximum absolute atomic E-state index is 12.0. The van der Waals surface area contributed by atoms with Crippen LogP contribution in [0, 0.1) is 12.8 Å². The van der Waals surface area contributed by atoms with Crippen molar-refractivity contribution < 1.29 is 19.1 Å². The number of esters is 1. The second-order valence-corrected chi connectivity index (χ2v) is 7.63. The van der Waals surface area contributed by atoms with Crippen LogP contribution in [0.1, 0.15) is 42.3 Å². The molecule has 1 fully saturated rings. The largest absolute Gasteiger partial charge is 0.492 e. The van der Waals surface area contributed by atoms with Crippen molar-refractivity contribution in [3.05, 3.63) is 34.9 Å². The number of nitrogens with zero attached hydrogens (tertiary/aromatic N) is 4. The minimum atomic E-state index is -0.239. The minimum absolute atomic E-state index is 0.0722. The van der Waals surface area contributed by atoms with Gasteiger partial charge in [0.2, 0.25) is 10.8 Å². The number of fused-ring (bicyclic) bond motifs is 1. The van der Waals surface area contributed by atoms with Crippen molar-refractivity contribution >= 4 is 22.3 Å². The van der Waals surface area contributed by atoms with Crippen molar-refractivity contribution in [3.63, 3.8) is 0 Å². The maximum atomic E-state index is 12.0. The highest BCUT2D eigenvalue weighted by molar-refractivity contribution is 7.17. The summed E-state index contributed by atoms with van der Waals surface area (Å²) in [6.07, 6.45) is 3.07. The SMILES string of the molecule is CCOC(=O)C1CCN([C@@H](c2ccco2)c2sc3nc(C)nn3c2O)CC1. The van der Waals surface area contributed by atoms with E-state index in [2.05, 4.69) is 15.0 Å². The molecule has 9 heteroatoms. The molecule has 1 aliphatic rings. The zero-order valence-corrected chi connectivity index (χ0v) is 16.1. The number of likely N-dealkylation sites (tertiary alicyclic amines) is 1. The van der Waals surface area contributed by atoms with Crippen LogP contribution in [0.3, 0.4) is 0 Å². The third-order valence-corrected chi connectivity index (χ3v) is 5.95. The summed E-state index contributed by atoms with van der Waals surface area (Å²) >= 11 is 1.41. The molecule has 0 saturated carbocycles. The number of carbonyl (C=O) groups excluding carboxylic acids is 1. The molecule has 1 atom stereocenters. The van der Waals surface area contributed by atoms with Crippen LogP contribution < -0.4 is 0 Å². The molecule has 0 spiro atoms. The summed E-state index contributed by atoms with van der Waals surface area (Å²) in [5.74, 6) is 1.26. The molecule has 8 nitrogen and oxygen atoms in total. The first-order valence-electron chi connectivity index (χ1n) is 9.07. The molecular formula is C18H22N4O4S. The van der Waals surface area contributed by atoms with Crippen LogP contribution in [0.2, 0.25) is 0 Å². The lowest BCUT2D eigenvalue weighted by molar-refractivity contribution is -0.149. The summed E-state index contributed by atoms with van der Waals surface area (Å²) in [7, 11) is 0. The van der Waals surface area contributed by atoms with Gasteiger partial charge in [-0.05, 0) is 38.8 Å². The van der Waals surface area contributed by atoms with Crippen molar-refractivity contribution in [1.82, 2.24) is 19.5 Å². The number of carbonyl (C=O) groups is 1. The number of thiazole rings is 1. The zero-order chi connectivity index (χ0) is 19.0. The third-order valence-electron chi connectivity index (χ3n) is 4.88. The molecule has 27 heavy (non-hydrogen) atoms. The van der Waals surface area contributed by atoms with E-state index in [-0.39, 0.29) is 23.8 Å². The molecule has 0 radical (unpaired) electrons. The molecular weight excluding hydrogens is 368 g/mol. The third kappa shape index (κ3) is 3.32. The number of rotatable bonds is 5. The molecule has 0 amide bonds. The summed E-state index contributed by atoms with van der Waals surface area (Å²) in [5.41, 5.74) is 0. The first kappa shape index (κ1) is 18.0. The Morgan fingerprint density at radius 2 is 2.26 bits per heavy atom. The van der Waals surface area contributed by atoms with E-state index >= 15 is 0 Å². The Bertz CT molecular complexity index is 925. The number of ether oxygens (including phenoxy) is 1. The molecule has 1 saturated heterocycles. The van der Waals surface area contributed by atoms with Gasteiger partial charge in [0.15, 0.2) is 0 Å². The zero-order valence-electron chi connectivity index (χ0n) is 15.3. The number of hydrogen-bond acceptors (Lipinski definition) is 8. The normalized spacial score (nSPS) is 17.4. The topological polar surface area (TPSA) is 93.1 Å². The van der Waals surface area contributed by atoms with Gasteiger partial charge in [-0.2, -0.15) is 4.52 Å². The predicted octanol–water partition coefficient (Wildman–Crippen LogP) is 2.76. The van der Waals surface area contributed by atoms with E-state index in [1.807, 2.05) is 19.1 Å². The number of aromatic hydroxyl groups is 1. The van der Waals surface area contributed by atoms with Crippen LogP contribution in [-0.4, -0.2) is 50.3 Å². The molecule has 3 aromatic heterocycles. The summed E-state index contributed by atoms with van der Waals surface area (Å²) in [5, 5.41) is 15.0. The fourth-order valence-corrected chi connectivity index (χ4v) is 4.74. The molecule has 144 valence electrons. The van der Waals surface area contributed by atoms with Gasteiger partial charge in [0.05, 0.1) is 23.7 Å². The van der Waals surface area contributed by atoms with Crippen molar-refractivity contribution in [3.8, 4) is 5.88 Å². The number of aromatic nitrogens is 3. The van der Waals surface area contributed by atoms with Gasteiger partial charge in [-0.1, -0.05) is 11.3 Å². The quantitative estimate of drug-likeness (QED) is 0.670. The molecule has 0 aromatic carbocycles. The molecule has 0 bridgehead atoms. The van der Waals surface area contributed by atoms with Crippen LogP contribution in [0.15, 0.2) is 22.8 Å². The van der Waals surface area contributed by atoms with E-state index in [0.29, 0.717) is 30.5 Å². The van der Waals surface area contributed by atoms with E-state index < -0.39 is 0 Å². The first-order chi connectivity index (χ1) is 13.1. The van der Waals surface area contributed by atoms with E-state index in [9.17, 15) is 9.90 Å². The molecule has 1 N–H and O–H groups in total. The number of aryl methyl sites for hydroxylation is 1. The second-order valence-electron chi connectivity index (χ2n) is 6.62. The smallest absolute Gasteiger partial charge is 0.309 e. The molecule has 0 aliphatic carbocycles. The van der Waals surface area contributed by atoms with E-state index in [4.69, 9.17) is 9.15 Å². The lowest BCUT2D eigenvalue weighted by Gasteiger charge is -2.35. The standard InChI is InChI=1S/C18H22N4O4S/c1-3-25-17(24)12-6-8-21(9-7-12)14(13-5-4-10-26-13)15-16(23)22-18(27-15)19-11(2)20-22/h4-5,10,12,14,23H,3,6-9H2,1-2H3/t14-/m0/s1. The Hall–Kier alpha value is -2.39. The predicted molar refractivity (Wildman–Crippen MR) is 98.7 cm³/mol. The number of hydrogen-bond donors (Lipinski definition) is 1. The van der Waals surface area contributed by atoms with Gasteiger partial charge < -0.3 is 14.3 Å². The lowest BCUT2D eigenvalue weighted by atomic mass is 9.95. The van der Waals surface area contributed by atoms with Crippen molar-refractivity contribution in [2.45, 2.75) is 32.7 Å². The van der Waals surface area contributed by atoms with Crippen LogP contribution in [-0.2, 0) is 9.53 Å². The number of piperidine rings is 1. The van der Waals surface area contributed by atoms with Gasteiger partial charge in [-0.15, -0.1) is 5.10 Å². The average Bonchev–Trinajstić information content (AvgIpc) is 3.36. The summed E-state index contributed by atoms with van der Waals surface area (Å²) in [6.45, 7) is 5.44. The van der Waals surface area contributed by atoms with Crippen molar-refractivity contribution in [2.75, 3.05) is 19.7 Å². The van der Waals surface area contributed by atoms with Crippen molar-refractivity contribution in [2.24, 2.45) is 5.92 Å². The molecule has 3 aromatic rings. The molecule has 0 unspecified atom stereocenters. The van der Waals surface area contributed by atoms with Crippen LogP contribution in [0.25, 0.3) is 4.96 Å². The highest BCUT2D eigenvalue weighted by atomic mass is 32.1. The number of furan rings is 1. The van der Waals surface area contributed by atoms with Crippen molar-refractivity contribution in [1.29, 1.82) is 0 Å². The van der Waals surface area contributed by atoms with Gasteiger partial charge >= 0.3 is 5.97 Å². The Labute approximate surface area is 160 Å². The van der Waals surface area contributed by atoms with Crippen LogP contribution in [0.4, 0.5) is 0 Å². The Balaban J connectivity index is 1.62. The Morgan fingerprint density at radius 3 is 2.89 bits per heavy atom. The van der Waals surface area contributed by atoms with Crippen LogP contribution >= 0.6 is 11.3 Å². The lowest BCUT2D eigenvalue weighted by Crippen LogP contribution is -2.39. The van der Waals surface area contributed by atoms with Gasteiger partial charge in [0.1, 0.15) is 17.6 Å². The highest BCUT2D eigenvalue weighted by Gasteiger charge is 2.35. The van der Waals surface area contributed by atoms with Gasteiger partial charge in [0, 0.05) is 13.1 Å². The fraction of sp³-hybridized carbons (Fsp3) is 0.500. The average molecular weight is 390 g/mol. The Morgan fingerprint density at radius 1 is 1.48 bits per heavy atom. The monoisotopic (exact) mass is 390 g/mol. The van der Waals surface area contributed by atoms with Gasteiger partial charge in [-0.25, -0.2) is 4.98 Å². The van der Waals surface area contributed by atoms with Gasteiger partial charge in [0.25, 0.3) is 0 Å². The van der Waals surface area contributed by atoms with E-state index in [1.165, 1.54) is 15.9 Å². The molecule has 4 rings (SSSR count). The van der Waals surface area contributed by atoms with E-state index in [0.717, 1.165) is 23.5 Å². The van der Waals surface area contributed by atoms with Gasteiger partial charge in [-0.3, -0.25) is 9.69 Å². The Kier molecular flexibility index (Phi) is 4.88. The summed E-state index contributed by atoms with van der Waals surface area (Å²) in [6, 6.07) is 3.51. The minimum Gasteiger partial charge on any atom is -0.492 e. The summed E-state index contributed by atoms with van der Waals surface area (Å²) in [4.78, 5) is 20.0. The fourth-order valence-electron chi connectivity index (χ4n) is 3.60. The van der Waals surface area contributed by atoms with E-state index in [1.54, 1.807) is 13.2 Å².